The highest BCUT2D eigenvalue weighted by Gasteiger charge is 2.43. The van der Waals surface area contributed by atoms with E-state index in [2.05, 4.69) is 31.9 Å². The van der Waals surface area contributed by atoms with Gasteiger partial charge in [0.15, 0.2) is 0 Å². The summed E-state index contributed by atoms with van der Waals surface area (Å²) in [6.07, 6.45) is 0. The van der Waals surface area contributed by atoms with Crippen LogP contribution in [0.25, 0.3) is 0 Å². The molecule has 1 aromatic carbocycles. The van der Waals surface area contributed by atoms with Gasteiger partial charge in [0, 0.05) is 6.07 Å². The van der Waals surface area contributed by atoms with E-state index in [9.17, 15) is 4.79 Å². The van der Waals surface area contributed by atoms with Gasteiger partial charge in [-0.15, -0.1) is 0 Å². The number of methoxy groups -OCH3 is 1. The zero-order valence-electron chi connectivity index (χ0n) is 7.21. The lowest BCUT2D eigenvalue weighted by atomic mass is 10.1. The highest BCUT2D eigenvalue weighted by molar-refractivity contribution is 9.25. The minimum atomic E-state index is -1.12. The lowest BCUT2D eigenvalue weighted by molar-refractivity contribution is 0.0922. The molecule has 14 heavy (non-hydrogen) atoms. The Hall–Kier alpha value is -0.550. The first-order valence-electron chi connectivity index (χ1n) is 3.84. The van der Waals surface area contributed by atoms with Crippen molar-refractivity contribution < 1.29 is 14.3 Å². The van der Waals surface area contributed by atoms with Gasteiger partial charge in [0.2, 0.25) is 5.78 Å². The smallest absolute Gasteiger partial charge is 0.280 e. The summed E-state index contributed by atoms with van der Waals surface area (Å²) in [7, 11) is 1.56. The molecule has 0 aromatic heterocycles. The van der Waals surface area contributed by atoms with Gasteiger partial charge >= 0.3 is 0 Å². The second-order valence-corrected chi connectivity index (χ2v) is 6.11. The minimum absolute atomic E-state index is 0.143. The number of ketones is 1. The Morgan fingerprint density at radius 2 is 2.14 bits per heavy atom. The summed E-state index contributed by atoms with van der Waals surface area (Å²) < 4.78 is 9.26. The van der Waals surface area contributed by atoms with Crippen LogP contribution in [0, 0.1) is 0 Å². The number of halogens is 2. The lowest BCUT2D eigenvalue weighted by Gasteiger charge is -2.10. The normalized spacial score (nSPS) is 17.5. The fraction of sp³-hybridized carbons (Fsp3) is 0.222. The second kappa shape index (κ2) is 3.24. The average Bonchev–Trinajstić information content (AvgIpc) is 2.37. The molecule has 1 aliphatic heterocycles. The third kappa shape index (κ3) is 1.44. The Kier molecular flexibility index (Phi) is 2.31. The van der Waals surface area contributed by atoms with Crippen LogP contribution in [0.3, 0.4) is 0 Å². The van der Waals surface area contributed by atoms with Crippen LogP contribution in [0.1, 0.15) is 10.4 Å². The fourth-order valence-electron chi connectivity index (χ4n) is 1.24. The molecule has 0 aliphatic carbocycles. The van der Waals surface area contributed by atoms with Crippen molar-refractivity contribution in [1.29, 1.82) is 0 Å². The number of carbonyl (C=O) groups excluding carboxylic acids is 1. The van der Waals surface area contributed by atoms with Gasteiger partial charge in [-0.3, -0.25) is 4.79 Å². The van der Waals surface area contributed by atoms with Crippen molar-refractivity contribution in [3.8, 4) is 11.5 Å². The minimum Gasteiger partial charge on any atom is -0.497 e. The van der Waals surface area contributed by atoms with E-state index in [0.717, 1.165) is 0 Å². The molecular formula is C9H6Br2O3. The number of Topliss-reactive ketones (excluding diaryl/α,β-unsaturated/α-hetero) is 1. The number of benzene rings is 1. The average molecular weight is 322 g/mol. The zero-order chi connectivity index (χ0) is 10.3. The molecule has 0 N–H and O–H groups in total. The summed E-state index contributed by atoms with van der Waals surface area (Å²) in [5, 5.41) is 0. The summed E-state index contributed by atoms with van der Waals surface area (Å²) in [4.78, 5) is 11.7. The number of fused-ring (bicyclic) bond motifs is 1. The van der Waals surface area contributed by atoms with Crippen molar-refractivity contribution in [3.05, 3.63) is 23.8 Å². The predicted octanol–water partition coefficient (Wildman–Crippen LogP) is 2.71. The van der Waals surface area contributed by atoms with Gasteiger partial charge in [-0.2, -0.15) is 0 Å². The summed E-state index contributed by atoms with van der Waals surface area (Å²) in [5.74, 6) is 1.03. The van der Waals surface area contributed by atoms with Gasteiger partial charge in [-0.05, 0) is 44.0 Å². The van der Waals surface area contributed by atoms with Crippen molar-refractivity contribution in [2.24, 2.45) is 0 Å². The predicted molar refractivity (Wildman–Crippen MR) is 58.5 cm³/mol. The van der Waals surface area contributed by atoms with E-state index in [-0.39, 0.29) is 5.78 Å². The van der Waals surface area contributed by atoms with Crippen LogP contribution in [0.2, 0.25) is 0 Å². The van der Waals surface area contributed by atoms with E-state index in [1.807, 2.05) is 0 Å². The first-order valence-corrected chi connectivity index (χ1v) is 5.43. The van der Waals surface area contributed by atoms with Crippen molar-refractivity contribution in [2.45, 2.75) is 3.42 Å². The number of alkyl halides is 2. The van der Waals surface area contributed by atoms with Gasteiger partial charge in [-0.1, -0.05) is 0 Å². The molecule has 1 aliphatic rings. The maximum absolute atomic E-state index is 11.7. The van der Waals surface area contributed by atoms with Gasteiger partial charge in [-0.25, -0.2) is 0 Å². The molecule has 0 saturated carbocycles. The maximum Gasteiger partial charge on any atom is 0.280 e. The maximum atomic E-state index is 11.7. The summed E-state index contributed by atoms with van der Waals surface area (Å²) in [6.45, 7) is 0. The Bertz CT molecular complexity index is 401. The van der Waals surface area contributed by atoms with E-state index in [0.29, 0.717) is 17.1 Å². The molecule has 0 unspecified atom stereocenters. The zero-order valence-corrected chi connectivity index (χ0v) is 10.4. The quantitative estimate of drug-likeness (QED) is 0.746. The molecule has 0 spiro atoms. The van der Waals surface area contributed by atoms with E-state index in [4.69, 9.17) is 9.47 Å². The highest BCUT2D eigenvalue weighted by Crippen LogP contribution is 2.43. The highest BCUT2D eigenvalue weighted by atomic mass is 79.9. The number of ether oxygens (including phenoxy) is 2. The fourth-order valence-corrected chi connectivity index (χ4v) is 2.02. The van der Waals surface area contributed by atoms with Gasteiger partial charge in [0.1, 0.15) is 11.5 Å². The number of rotatable bonds is 1. The van der Waals surface area contributed by atoms with Crippen molar-refractivity contribution in [3.63, 3.8) is 0 Å². The number of carbonyl (C=O) groups is 1. The molecule has 5 heteroatoms. The van der Waals surface area contributed by atoms with Crippen LogP contribution in [0.5, 0.6) is 11.5 Å². The Morgan fingerprint density at radius 1 is 1.43 bits per heavy atom. The third-order valence-corrected chi connectivity index (χ3v) is 2.98. The Labute approximate surface area is 97.6 Å². The van der Waals surface area contributed by atoms with E-state index < -0.39 is 3.42 Å². The molecule has 0 atom stereocenters. The van der Waals surface area contributed by atoms with Crippen LogP contribution < -0.4 is 9.47 Å². The molecule has 0 saturated heterocycles. The van der Waals surface area contributed by atoms with Crippen LogP contribution in [-0.4, -0.2) is 16.3 Å². The van der Waals surface area contributed by atoms with E-state index >= 15 is 0 Å². The molecule has 3 nitrogen and oxygen atoms in total. The van der Waals surface area contributed by atoms with Crippen LogP contribution in [-0.2, 0) is 0 Å². The Balaban J connectivity index is 2.49. The molecule has 0 radical (unpaired) electrons. The van der Waals surface area contributed by atoms with E-state index in [1.54, 1.807) is 25.3 Å². The molecule has 1 aromatic rings. The molecule has 0 amide bonds. The largest absolute Gasteiger partial charge is 0.497 e. The van der Waals surface area contributed by atoms with Crippen LogP contribution in [0.15, 0.2) is 18.2 Å². The molecule has 0 fully saturated rings. The van der Waals surface area contributed by atoms with Crippen molar-refractivity contribution in [2.75, 3.05) is 7.11 Å². The van der Waals surface area contributed by atoms with Crippen molar-refractivity contribution >= 4 is 37.6 Å². The molecule has 1 heterocycles. The monoisotopic (exact) mass is 320 g/mol. The van der Waals surface area contributed by atoms with Gasteiger partial charge < -0.3 is 9.47 Å². The SMILES string of the molecule is COc1ccc2c(c1)OC(Br)(Br)C2=O. The molecular weight excluding hydrogens is 316 g/mol. The van der Waals surface area contributed by atoms with Crippen molar-refractivity contribution in [1.82, 2.24) is 0 Å². The van der Waals surface area contributed by atoms with Gasteiger partial charge in [0.25, 0.3) is 3.42 Å². The third-order valence-electron chi connectivity index (χ3n) is 1.94. The Morgan fingerprint density at radius 3 is 2.79 bits per heavy atom. The lowest BCUT2D eigenvalue weighted by Crippen LogP contribution is -2.23. The van der Waals surface area contributed by atoms with Crippen LogP contribution in [0.4, 0.5) is 0 Å². The first-order chi connectivity index (χ1) is 6.54. The van der Waals surface area contributed by atoms with E-state index in [1.165, 1.54) is 0 Å². The summed E-state index contributed by atoms with van der Waals surface area (Å²) in [6, 6.07) is 5.08. The van der Waals surface area contributed by atoms with Gasteiger partial charge in [0.05, 0.1) is 12.7 Å². The standard InChI is InChI=1S/C9H6Br2O3/c1-13-5-2-3-6-7(4-5)14-9(10,11)8(6)12/h2-4H,1H3. The molecule has 74 valence electrons. The number of hydrogen-bond acceptors (Lipinski definition) is 3. The number of hydrogen-bond donors (Lipinski definition) is 0. The molecule has 0 bridgehead atoms. The topological polar surface area (TPSA) is 35.5 Å². The first kappa shape index (κ1) is 9.98. The second-order valence-electron chi connectivity index (χ2n) is 2.81. The summed E-state index contributed by atoms with van der Waals surface area (Å²) >= 11 is 6.28. The van der Waals surface area contributed by atoms with Crippen LogP contribution >= 0.6 is 31.9 Å². The molecule has 2 rings (SSSR count). The summed E-state index contributed by atoms with van der Waals surface area (Å²) in [5.41, 5.74) is 0.541.